The quantitative estimate of drug-likeness (QED) is 0.647. The van der Waals surface area contributed by atoms with Crippen LogP contribution in [-0.2, 0) is 19.7 Å². The summed E-state index contributed by atoms with van der Waals surface area (Å²) in [5.41, 5.74) is 1.50. The second-order valence-electron chi connectivity index (χ2n) is 4.97. The molecule has 0 saturated heterocycles. The summed E-state index contributed by atoms with van der Waals surface area (Å²) >= 11 is 0. The molecule has 0 atom stereocenters. The van der Waals surface area contributed by atoms with Gasteiger partial charge in [-0.3, -0.25) is 4.79 Å². The minimum atomic E-state index is -0.860. The van der Waals surface area contributed by atoms with Crippen LogP contribution in [0.2, 0.25) is 0 Å². The maximum atomic E-state index is 11.6. The monoisotopic (exact) mass is 249 g/mol. The van der Waals surface area contributed by atoms with E-state index >= 15 is 0 Å². The van der Waals surface area contributed by atoms with E-state index in [1.165, 1.54) is 0 Å². The van der Waals surface area contributed by atoms with E-state index < -0.39 is 11.9 Å². The zero-order valence-electron chi connectivity index (χ0n) is 11.2. The number of nitrogens with one attached hydrogen (secondary N) is 1. The van der Waals surface area contributed by atoms with Gasteiger partial charge in [0, 0.05) is 5.69 Å². The summed E-state index contributed by atoms with van der Waals surface area (Å²) in [5.74, 6) is -1.60. The van der Waals surface area contributed by atoms with Gasteiger partial charge in [-0.15, -0.1) is 0 Å². The van der Waals surface area contributed by atoms with E-state index in [0.717, 1.165) is 5.56 Å². The van der Waals surface area contributed by atoms with Crippen LogP contribution in [0.25, 0.3) is 0 Å². The normalized spacial score (nSPS) is 10.9. The largest absolute Gasteiger partial charge is 0.459 e. The van der Waals surface area contributed by atoms with Crippen molar-refractivity contribution in [2.75, 3.05) is 11.9 Å². The third kappa shape index (κ3) is 3.58. The van der Waals surface area contributed by atoms with Crippen molar-refractivity contribution in [3.05, 3.63) is 29.8 Å². The smallest absolute Gasteiger partial charge is 0.397 e. The molecule has 0 saturated carbocycles. The summed E-state index contributed by atoms with van der Waals surface area (Å²) in [6.45, 7) is 7.98. The Morgan fingerprint density at radius 1 is 1.22 bits per heavy atom. The SMILES string of the molecule is CCOC(=O)C(=O)Nc1ccccc1C(C)(C)C. The van der Waals surface area contributed by atoms with Crippen LogP contribution >= 0.6 is 0 Å². The first-order valence-corrected chi connectivity index (χ1v) is 5.94. The molecule has 0 bridgehead atoms. The number of benzene rings is 1. The summed E-state index contributed by atoms with van der Waals surface area (Å²) < 4.78 is 4.65. The van der Waals surface area contributed by atoms with Crippen LogP contribution in [0, 0.1) is 0 Å². The van der Waals surface area contributed by atoms with Gasteiger partial charge in [-0.25, -0.2) is 4.79 Å². The fourth-order valence-corrected chi connectivity index (χ4v) is 1.62. The molecule has 1 rings (SSSR count). The Morgan fingerprint density at radius 2 is 1.83 bits per heavy atom. The van der Waals surface area contributed by atoms with Gasteiger partial charge in [0.2, 0.25) is 0 Å². The number of anilines is 1. The molecule has 18 heavy (non-hydrogen) atoms. The number of carbonyl (C=O) groups excluding carboxylic acids is 2. The number of esters is 1. The predicted octanol–water partition coefficient (Wildman–Crippen LogP) is 2.49. The fourth-order valence-electron chi connectivity index (χ4n) is 1.62. The Hall–Kier alpha value is -1.84. The summed E-state index contributed by atoms with van der Waals surface area (Å²) in [7, 11) is 0. The van der Waals surface area contributed by atoms with E-state index in [2.05, 4.69) is 10.1 Å². The summed E-state index contributed by atoms with van der Waals surface area (Å²) in [5, 5.41) is 2.59. The molecule has 1 aromatic carbocycles. The molecule has 1 aromatic rings. The van der Waals surface area contributed by atoms with Crippen LogP contribution in [-0.4, -0.2) is 18.5 Å². The highest BCUT2D eigenvalue weighted by atomic mass is 16.5. The number of ether oxygens (including phenoxy) is 1. The molecule has 1 amide bonds. The topological polar surface area (TPSA) is 55.4 Å². The molecular formula is C14H19NO3. The third-order valence-corrected chi connectivity index (χ3v) is 2.44. The van der Waals surface area contributed by atoms with Gasteiger partial charge in [0.1, 0.15) is 0 Å². The van der Waals surface area contributed by atoms with Gasteiger partial charge in [0.25, 0.3) is 0 Å². The van der Waals surface area contributed by atoms with Crippen molar-refractivity contribution in [2.24, 2.45) is 0 Å². The van der Waals surface area contributed by atoms with Gasteiger partial charge in [0.05, 0.1) is 6.61 Å². The zero-order chi connectivity index (χ0) is 13.8. The van der Waals surface area contributed by atoms with E-state index in [1.807, 2.05) is 39.0 Å². The standard InChI is InChI=1S/C14H19NO3/c1-5-18-13(17)12(16)15-11-9-7-6-8-10(11)14(2,3)4/h6-9H,5H2,1-4H3,(H,15,16). The second-order valence-corrected chi connectivity index (χ2v) is 4.97. The van der Waals surface area contributed by atoms with Crippen molar-refractivity contribution in [3.63, 3.8) is 0 Å². The highest BCUT2D eigenvalue weighted by Gasteiger charge is 2.21. The second kappa shape index (κ2) is 5.67. The minimum absolute atomic E-state index is 0.113. The molecule has 0 aliphatic rings. The molecule has 4 nitrogen and oxygen atoms in total. The van der Waals surface area contributed by atoms with Gasteiger partial charge >= 0.3 is 11.9 Å². The van der Waals surface area contributed by atoms with E-state index in [9.17, 15) is 9.59 Å². The van der Waals surface area contributed by atoms with Crippen molar-refractivity contribution in [2.45, 2.75) is 33.1 Å². The lowest BCUT2D eigenvalue weighted by Crippen LogP contribution is -2.26. The molecule has 0 radical (unpaired) electrons. The van der Waals surface area contributed by atoms with Gasteiger partial charge < -0.3 is 10.1 Å². The van der Waals surface area contributed by atoms with Gasteiger partial charge in [-0.05, 0) is 24.0 Å². The van der Waals surface area contributed by atoms with Crippen molar-refractivity contribution in [1.29, 1.82) is 0 Å². The molecule has 1 N–H and O–H groups in total. The van der Waals surface area contributed by atoms with E-state index in [4.69, 9.17) is 0 Å². The van der Waals surface area contributed by atoms with Gasteiger partial charge in [-0.1, -0.05) is 39.0 Å². The molecule has 0 aliphatic heterocycles. The van der Waals surface area contributed by atoms with Gasteiger partial charge in [0.15, 0.2) is 0 Å². The first-order valence-electron chi connectivity index (χ1n) is 5.94. The molecule has 0 heterocycles. The number of rotatable bonds is 2. The lowest BCUT2D eigenvalue weighted by molar-refractivity contribution is -0.152. The highest BCUT2D eigenvalue weighted by Crippen LogP contribution is 2.29. The molecule has 0 unspecified atom stereocenters. The van der Waals surface area contributed by atoms with Crippen molar-refractivity contribution < 1.29 is 14.3 Å². The van der Waals surface area contributed by atoms with Crippen LogP contribution in [0.3, 0.4) is 0 Å². The van der Waals surface area contributed by atoms with Crippen LogP contribution in [0.15, 0.2) is 24.3 Å². The highest BCUT2D eigenvalue weighted by molar-refractivity contribution is 6.37. The Morgan fingerprint density at radius 3 is 2.39 bits per heavy atom. The molecule has 98 valence electrons. The number of hydrogen-bond acceptors (Lipinski definition) is 3. The average Bonchev–Trinajstić information content (AvgIpc) is 2.28. The predicted molar refractivity (Wildman–Crippen MR) is 70.4 cm³/mol. The first-order chi connectivity index (χ1) is 8.36. The molecule has 4 heteroatoms. The van der Waals surface area contributed by atoms with E-state index in [1.54, 1.807) is 13.0 Å². The van der Waals surface area contributed by atoms with Crippen LogP contribution in [0.4, 0.5) is 5.69 Å². The van der Waals surface area contributed by atoms with Crippen LogP contribution < -0.4 is 5.32 Å². The maximum Gasteiger partial charge on any atom is 0.397 e. The van der Waals surface area contributed by atoms with E-state index in [-0.39, 0.29) is 12.0 Å². The Balaban J connectivity index is 2.92. The van der Waals surface area contributed by atoms with Crippen LogP contribution in [0.5, 0.6) is 0 Å². The Kier molecular flexibility index (Phi) is 4.48. The molecule has 0 aliphatic carbocycles. The van der Waals surface area contributed by atoms with E-state index in [0.29, 0.717) is 5.69 Å². The summed E-state index contributed by atoms with van der Waals surface area (Å²) in [6, 6.07) is 7.43. The van der Waals surface area contributed by atoms with Crippen molar-refractivity contribution >= 4 is 17.6 Å². The number of para-hydroxylation sites is 1. The molecule has 0 aromatic heterocycles. The Bertz CT molecular complexity index is 447. The summed E-state index contributed by atoms with van der Waals surface area (Å²) in [6.07, 6.45) is 0. The first kappa shape index (κ1) is 14.2. The molecule has 0 fully saturated rings. The van der Waals surface area contributed by atoms with Crippen LogP contribution in [0.1, 0.15) is 33.3 Å². The molecule has 0 spiro atoms. The molecular weight excluding hydrogens is 230 g/mol. The lowest BCUT2D eigenvalue weighted by atomic mass is 9.86. The Labute approximate surface area is 107 Å². The number of carbonyl (C=O) groups is 2. The third-order valence-electron chi connectivity index (χ3n) is 2.44. The van der Waals surface area contributed by atoms with Crippen molar-refractivity contribution in [1.82, 2.24) is 0 Å². The number of hydrogen-bond donors (Lipinski definition) is 1. The maximum absolute atomic E-state index is 11.6. The van der Waals surface area contributed by atoms with Crippen molar-refractivity contribution in [3.8, 4) is 0 Å². The minimum Gasteiger partial charge on any atom is -0.459 e. The fraction of sp³-hybridized carbons (Fsp3) is 0.429. The van der Waals surface area contributed by atoms with Gasteiger partial charge in [-0.2, -0.15) is 0 Å². The zero-order valence-corrected chi connectivity index (χ0v) is 11.2. The average molecular weight is 249 g/mol. The number of amides is 1. The summed E-state index contributed by atoms with van der Waals surface area (Å²) in [4.78, 5) is 22.9. The lowest BCUT2D eigenvalue weighted by Gasteiger charge is -2.22.